The zero-order valence-corrected chi connectivity index (χ0v) is 35.5. The molecule has 0 radical (unpaired) electrons. The second-order valence-electron chi connectivity index (χ2n) is 21.9. The van der Waals surface area contributed by atoms with E-state index in [0.717, 1.165) is 45.1 Å². The van der Waals surface area contributed by atoms with Gasteiger partial charge in [-0.25, -0.2) is 0 Å². The Labute approximate surface area is 326 Å². The van der Waals surface area contributed by atoms with Crippen LogP contribution in [-0.2, 0) is 24.7 Å². The number of ether oxygens (including phenoxy) is 1. The largest absolute Gasteiger partial charge is 0.481 e. The highest BCUT2D eigenvalue weighted by Crippen LogP contribution is 2.77. The van der Waals surface area contributed by atoms with Gasteiger partial charge in [0.15, 0.2) is 5.78 Å². The van der Waals surface area contributed by atoms with Crippen LogP contribution in [0.5, 0.6) is 0 Å². The molecule has 7 rings (SSSR count). The van der Waals surface area contributed by atoms with E-state index in [9.17, 15) is 19.5 Å². The van der Waals surface area contributed by atoms with Crippen LogP contribution in [0.2, 0.25) is 0 Å². The molecule has 1 aromatic carbocycles. The van der Waals surface area contributed by atoms with E-state index in [1.807, 2.05) is 13.8 Å². The van der Waals surface area contributed by atoms with Crippen molar-refractivity contribution < 1.29 is 24.2 Å². The van der Waals surface area contributed by atoms with Crippen LogP contribution in [0.25, 0.3) is 0 Å². The first kappa shape index (κ1) is 39.8. The minimum atomic E-state index is -0.814. The summed E-state index contributed by atoms with van der Waals surface area (Å²) in [4.78, 5) is 39.5. The summed E-state index contributed by atoms with van der Waals surface area (Å²) in [6.45, 7) is 26.3. The molecule has 1 aromatic rings. The van der Waals surface area contributed by atoms with E-state index in [0.29, 0.717) is 36.4 Å². The first-order chi connectivity index (χ1) is 25.1. The Kier molecular flexibility index (Phi) is 9.59. The molecule has 0 aliphatic heterocycles. The molecule has 10 atom stereocenters. The Balaban J connectivity index is 1.12. The van der Waals surface area contributed by atoms with Gasteiger partial charge >= 0.3 is 11.9 Å². The summed E-state index contributed by atoms with van der Waals surface area (Å²) < 4.78 is 6.44. The number of ketones is 1. The van der Waals surface area contributed by atoms with Crippen LogP contribution >= 0.6 is 0 Å². The number of allylic oxidation sites excluding steroid dienone is 2. The van der Waals surface area contributed by atoms with E-state index < -0.39 is 17.3 Å². The number of hydrogen-bond donors (Lipinski definition) is 2. The molecular formula is C48H71NO5. The molecule has 6 heteroatoms. The molecule has 5 fully saturated rings. The van der Waals surface area contributed by atoms with Gasteiger partial charge in [-0.1, -0.05) is 98.2 Å². The van der Waals surface area contributed by atoms with Crippen molar-refractivity contribution in [1.29, 1.82) is 0 Å². The topological polar surface area (TPSA) is 92.7 Å². The third kappa shape index (κ3) is 5.66. The SMILES string of the molecule is CC(C)C1=C2[C@H]3CC[C@@H]4[C@@]5(C)CC[C@H](OC(=O)[C@@H]6C[C@H](C(=O)O)C6(C)C)C(C)(C)[C@@H]5CC[C@@]4(C)[C@]3(C)CC[C@@]2(CCNC(C)(C)c2ccccc2)CC1=O. The fourth-order valence-electron chi connectivity index (χ4n) is 14.8. The lowest BCUT2D eigenvalue weighted by molar-refractivity contribution is -0.236. The standard InChI is InChI=1S/C48H71NO5/c1-29(2)38-34(50)28-48(25-26-49-44(7,8)30-15-13-12-14-16-30)24-23-46(10)31(39(38)48)17-18-36-45(9)21-20-37(43(5,6)35(45)19-22-47(36,46)11)54-41(53)33-27-32(40(51)52)42(33,3)4/h12-16,29,31-33,35-37,49H,17-28H2,1-11H3,(H,51,52)/t31-,32-,33+,35+,36-,37+,45+,46-,47-,48-/m1/s1. The molecule has 298 valence electrons. The molecule has 6 aliphatic rings. The first-order valence-corrected chi connectivity index (χ1v) is 21.6. The average molecular weight is 742 g/mol. The van der Waals surface area contributed by atoms with Crippen LogP contribution in [0.3, 0.4) is 0 Å². The molecule has 0 heterocycles. The summed E-state index contributed by atoms with van der Waals surface area (Å²) in [5.41, 5.74) is 3.49. The van der Waals surface area contributed by atoms with Gasteiger partial charge < -0.3 is 15.2 Å². The van der Waals surface area contributed by atoms with Crippen LogP contribution in [0.4, 0.5) is 0 Å². The quantitative estimate of drug-likeness (QED) is 0.245. The average Bonchev–Trinajstić information content (AvgIpc) is 3.38. The van der Waals surface area contributed by atoms with Gasteiger partial charge in [-0.05, 0) is 141 Å². The first-order valence-electron chi connectivity index (χ1n) is 21.6. The van der Waals surface area contributed by atoms with Crippen LogP contribution in [0, 0.1) is 68.0 Å². The number of Topliss-reactive ketones (excluding diaryl/α,β-unsaturated/α-hetero) is 1. The normalized spacial score (nSPS) is 40.9. The van der Waals surface area contributed by atoms with Crippen molar-refractivity contribution in [1.82, 2.24) is 5.32 Å². The van der Waals surface area contributed by atoms with Crippen LogP contribution in [-0.4, -0.2) is 35.5 Å². The lowest BCUT2D eigenvalue weighted by Crippen LogP contribution is -2.66. The van der Waals surface area contributed by atoms with Crippen molar-refractivity contribution in [2.24, 2.45) is 68.0 Å². The van der Waals surface area contributed by atoms with Crippen molar-refractivity contribution in [2.75, 3.05) is 6.54 Å². The summed E-state index contributed by atoms with van der Waals surface area (Å²) >= 11 is 0. The van der Waals surface area contributed by atoms with Gasteiger partial charge in [0.25, 0.3) is 0 Å². The molecule has 0 saturated heterocycles. The Hall–Kier alpha value is -2.47. The number of carbonyl (C=O) groups excluding carboxylic acids is 2. The van der Waals surface area contributed by atoms with E-state index in [1.165, 1.54) is 30.4 Å². The van der Waals surface area contributed by atoms with Crippen molar-refractivity contribution >= 4 is 17.7 Å². The molecule has 5 saturated carbocycles. The fraction of sp³-hybridized carbons (Fsp3) is 0.771. The molecule has 0 amide bonds. The molecule has 6 aliphatic carbocycles. The van der Waals surface area contributed by atoms with E-state index in [4.69, 9.17) is 4.74 Å². The van der Waals surface area contributed by atoms with Crippen LogP contribution in [0.1, 0.15) is 152 Å². The zero-order valence-electron chi connectivity index (χ0n) is 35.5. The third-order valence-corrected chi connectivity index (χ3v) is 18.3. The molecular weight excluding hydrogens is 671 g/mol. The Bertz CT molecular complexity index is 1710. The highest BCUT2D eigenvalue weighted by atomic mass is 16.5. The number of hydrogen-bond acceptors (Lipinski definition) is 5. The molecule has 2 N–H and O–H groups in total. The number of benzene rings is 1. The molecule has 54 heavy (non-hydrogen) atoms. The van der Waals surface area contributed by atoms with Crippen molar-refractivity contribution in [3.8, 4) is 0 Å². The van der Waals surface area contributed by atoms with Crippen molar-refractivity contribution in [2.45, 2.75) is 158 Å². The second kappa shape index (κ2) is 13.0. The number of fused-ring (bicyclic) bond motifs is 7. The zero-order chi connectivity index (χ0) is 39.4. The van der Waals surface area contributed by atoms with Gasteiger partial charge in [0.1, 0.15) is 6.10 Å². The van der Waals surface area contributed by atoms with Gasteiger partial charge in [-0.2, -0.15) is 0 Å². The van der Waals surface area contributed by atoms with E-state index in [-0.39, 0.29) is 56.5 Å². The monoisotopic (exact) mass is 742 g/mol. The van der Waals surface area contributed by atoms with Gasteiger partial charge in [0.05, 0.1) is 11.8 Å². The highest BCUT2D eigenvalue weighted by Gasteiger charge is 2.70. The maximum atomic E-state index is 14.1. The summed E-state index contributed by atoms with van der Waals surface area (Å²) in [7, 11) is 0. The number of nitrogens with one attached hydrogen (secondary N) is 1. The molecule has 0 spiro atoms. The minimum absolute atomic E-state index is 0.0473. The summed E-state index contributed by atoms with van der Waals surface area (Å²) in [5.74, 6) is 0.239. The fourth-order valence-corrected chi connectivity index (χ4v) is 14.8. The smallest absolute Gasteiger partial charge is 0.309 e. The lowest BCUT2D eigenvalue weighted by atomic mass is 9.33. The number of aliphatic carboxylic acids is 1. The van der Waals surface area contributed by atoms with Gasteiger partial charge in [0.2, 0.25) is 0 Å². The number of carboxylic acid groups (broad SMARTS) is 1. The molecule has 0 bridgehead atoms. The Morgan fingerprint density at radius 2 is 1.54 bits per heavy atom. The third-order valence-electron chi connectivity index (χ3n) is 18.3. The Morgan fingerprint density at radius 1 is 0.852 bits per heavy atom. The van der Waals surface area contributed by atoms with Crippen molar-refractivity contribution in [3.05, 3.63) is 47.0 Å². The van der Waals surface area contributed by atoms with E-state index in [2.05, 4.69) is 98.0 Å². The minimum Gasteiger partial charge on any atom is -0.481 e. The summed E-state index contributed by atoms with van der Waals surface area (Å²) in [6, 6.07) is 10.7. The molecule has 0 unspecified atom stereocenters. The van der Waals surface area contributed by atoms with Gasteiger partial charge in [-0.3, -0.25) is 14.4 Å². The van der Waals surface area contributed by atoms with Crippen molar-refractivity contribution in [3.63, 3.8) is 0 Å². The molecule has 6 nitrogen and oxygen atoms in total. The molecule has 0 aromatic heterocycles. The maximum Gasteiger partial charge on any atom is 0.309 e. The Morgan fingerprint density at radius 3 is 2.17 bits per heavy atom. The highest BCUT2D eigenvalue weighted by molar-refractivity contribution is 6.00. The predicted molar refractivity (Wildman–Crippen MR) is 214 cm³/mol. The van der Waals surface area contributed by atoms with Crippen LogP contribution < -0.4 is 5.32 Å². The second-order valence-corrected chi connectivity index (χ2v) is 21.9. The maximum absolute atomic E-state index is 14.1. The van der Waals surface area contributed by atoms with Gasteiger partial charge in [0, 0.05) is 22.8 Å². The number of rotatable bonds is 9. The number of esters is 1. The lowest BCUT2D eigenvalue weighted by Gasteiger charge is -2.72. The van der Waals surface area contributed by atoms with Crippen LogP contribution in [0.15, 0.2) is 41.5 Å². The summed E-state index contributed by atoms with van der Waals surface area (Å²) in [6.07, 6.45) is 10.7. The van der Waals surface area contributed by atoms with E-state index in [1.54, 1.807) is 5.57 Å². The summed E-state index contributed by atoms with van der Waals surface area (Å²) in [5, 5.41) is 13.6. The number of carbonyl (C=O) groups is 3. The van der Waals surface area contributed by atoms with E-state index >= 15 is 0 Å². The van der Waals surface area contributed by atoms with Gasteiger partial charge in [-0.15, -0.1) is 0 Å². The number of carboxylic acids is 1. The predicted octanol–water partition coefficient (Wildman–Crippen LogP) is 10.5.